The number of rotatable bonds is 5. The Morgan fingerprint density at radius 1 is 1.04 bits per heavy atom. The average Bonchev–Trinajstić information content (AvgIpc) is 3.26. The van der Waals surface area contributed by atoms with Crippen LogP contribution in [-0.4, -0.2) is 62.1 Å². The topological polar surface area (TPSA) is 71.1 Å². The monoisotopic (exact) mass is 375 g/mol. The van der Waals surface area contributed by atoms with Gasteiger partial charge >= 0.3 is 6.03 Å². The minimum Gasteiger partial charge on any atom is -0.493 e. The minimum atomic E-state index is -0.0516. The van der Waals surface area contributed by atoms with Gasteiger partial charge in [-0.1, -0.05) is 12.1 Å². The number of hydrogen-bond donors (Lipinski definition) is 1. The fourth-order valence-electron chi connectivity index (χ4n) is 3.86. The lowest BCUT2D eigenvalue weighted by molar-refractivity contribution is -0.126. The highest BCUT2D eigenvalue weighted by Crippen LogP contribution is 2.30. The fourth-order valence-corrected chi connectivity index (χ4v) is 3.86. The number of likely N-dealkylation sites (tertiary alicyclic amines) is 2. The Morgan fingerprint density at radius 3 is 2.33 bits per heavy atom. The van der Waals surface area contributed by atoms with Gasteiger partial charge < -0.3 is 24.6 Å². The Bertz CT molecular complexity index is 665. The molecule has 148 valence electrons. The number of nitrogens with zero attached hydrogens (tertiary/aromatic N) is 2. The van der Waals surface area contributed by atoms with Crippen molar-refractivity contribution in [2.75, 3.05) is 40.4 Å². The number of hydrogen-bond acceptors (Lipinski definition) is 4. The smallest absolute Gasteiger partial charge is 0.319 e. The molecule has 27 heavy (non-hydrogen) atoms. The van der Waals surface area contributed by atoms with Crippen LogP contribution in [0.2, 0.25) is 0 Å². The molecule has 1 aromatic carbocycles. The summed E-state index contributed by atoms with van der Waals surface area (Å²) in [5.74, 6) is 1.28. The lowest BCUT2D eigenvalue weighted by Crippen LogP contribution is -2.47. The molecule has 2 saturated heterocycles. The maximum absolute atomic E-state index is 12.6. The van der Waals surface area contributed by atoms with E-state index in [1.165, 1.54) is 0 Å². The van der Waals surface area contributed by atoms with Crippen molar-refractivity contribution in [2.45, 2.75) is 32.2 Å². The Labute approximate surface area is 160 Å². The first-order valence-corrected chi connectivity index (χ1v) is 9.65. The molecule has 7 nitrogen and oxygen atoms in total. The Balaban J connectivity index is 1.49. The molecule has 0 bridgehead atoms. The number of ether oxygens (including phenoxy) is 2. The summed E-state index contributed by atoms with van der Waals surface area (Å²) in [6.07, 6.45) is 3.61. The summed E-state index contributed by atoms with van der Waals surface area (Å²) in [6.45, 7) is 3.42. The second kappa shape index (κ2) is 8.97. The van der Waals surface area contributed by atoms with E-state index >= 15 is 0 Å². The molecule has 0 radical (unpaired) electrons. The number of para-hydroxylation sites is 1. The van der Waals surface area contributed by atoms with Crippen molar-refractivity contribution in [3.05, 3.63) is 23.8 Å². The van der Waals surface area contributed by atoms with Crippen LogP contribution >= 0.6 is 0 Å². The molecule has 0 aliphatic carbocycles. The molecule has 1 aromatic rings. The van der Waals surface area contributed by atoms with Gasteiger partial charge in [0.1, 0.15) is 0 Å². The summed E-state index contributed by atoms with van der Waals surface area (Å²) in [6, 6.07) is 5.76. The molecule has 2 aliphatic heterocycles. The molecular weight excluding hydrogens is 346 g/mol. The van der Waals surface area contributed by atoms with E-state index in [2.05, 4.69) is 5.32 Å². The van der Waals surface area contributed by atoms with E-state index in [4.69, 9.17) is 9.47 Å². The van der Waals surface area contributed by atoms with Crippen LogP contribution in [0, 0.1) is 5.92 Å². The predicted octanol–water partition coefficient (Wildman–Crippen LogP) is 2.25. The number of urea groups is 1. The van der Waals surface area contributed by atoms with Crippen molar-refractivity contribution in [3.8, 4) is 11.5 Å². The van der Waals surface area contributed by atoms with Crippen molar-refractivity contribution in [3.63, 3.8) is 0 Å². The highest BCUT2D eigenvalue weighted by molar-refractivity contribution is 5.80. The van der Waals surface area contributed by atoms with E-state index in [9.17, 15) is 9.59 Å². The van der Waals surface area contributed by atoms with Gasteiger partial charge in [0.05, 0.1) is 14.2 Å². The molecule has 0 saturated carbocycles. The molecule has 1 N–H and O–H groups in total. The van der Waals surface area contributed by atoms with Crippen molar-refractivity contribution >= 4 is 11.9 Å². The third-order valence-corrected chi connectivity index (χ3v) is 5.45. The van der Waals surface area contributed by atoms with E-state index in [1.807, 2.05) is 28.0 Å². The summed E-state index contributed by atoms with van der Waals surface area (Å²) < 4.78 is 10.7. The number of carbonyl (C=O) groups excluding carboxylic acids is 2. The molecule has 2 heterocycles. The largest absolute Gasteiger partial charge is 0.493 e. The van der Waals surface area contributed by atoms with E-state index < -0.39 is 0 Å². The van der Waals surface area contributed by atoms with Gasteiger partial charge in [-0.05, 0) is 31.7 Å². The Kier molecular flexibility index (Phi) is 6.42. The van der Waals surface area contributed by atoms with Gasteiger partial charge in [-0.15, -0.1) is 0 Å². The van der Waals surface area contributed by atoms with Crippen molar-refractivity contribution in [1.29, 1.82) is 0 Å². The van der Waals surface area contributed by atoms with Crippen LogP contribution in [0.25, 0.3) is 0 Å². The van der Waals surface area contributed by atoms with E-state index in [-0.39, 0.29) is 17.9 Å². The second-order valence-electron chi connectivity index (χ2n) is 7.11. The van der Waals surface area contributed by atoms with E-state index in [0.717, 1.165) is 31.5 Å². The molecule has 7 heteroatoms. The summed E-state index contributed by atoms with van der Waals surface area (Å²) in [5.41, 5.74) is 0.881. The fraction of sp³-hybridized carbons (Fsp3) is 0.600. The number of carbonyl (C=O) groups is 2. The minimum absolute atomic E-state index is 0.0353. The third-order valence-electron chi connectivity index (χ3n) is 5.45. The van der Waals surface area contributed by atoms with Crippen LogP contribution in [0.15, 0.2) is 18.2 Å². The molecule has 0 aromatic heterocycles. The van der Waals surface area contributed by atoms with E-state index in [1.54, 1.807) is 14.2 Å². The van der Waals surface area contributed by atoms with Crippen LogP contribution in [0.3, 0.4) is 0 Å². The van der Waals surface area contributed by atoms with E-state index in [0.29, 0.717) is 44.0 Å². The highest BCUT2D eigenvalue weighted by atomic mass is 16.5. The lowest BCUT2D eigenvalue weighted by Gasteiger charge is -2.34. The number of nitrogens with one attached hydrogen (secondary N) is 1. The van der Waals surface area contributed by atoms with Gasteiger partial charge in [0.2, 0.25) is 5.91 Å². The van der Waals surface area contributed by atoms with Gasteiger partial charge in [-0.3, -0.25) is 4.79 Å². The van der Waals surface area contributed by atoms with Crippen molar-refractivity contribution < 1.29 is 19.1 Å². The van der Waals surface area contributed by atoms with Crippen LogP contribution in [0.5, 0.6) is 11.5 Å². The second-order valence-corrected chi connectivity index (χ2v) is 7.11. The molecule has 3 amide bonds. The van der Waals surface area contributed by atoms with Gasteiger partial charge in [0, 0.05) is 44.2 Å². The summed E-state index contributed by atoms with van der Waals surface area (Å²) in [4.78, 5) is 28.8. The molecule has 0 spiro atoms. The Morgan fingerprint density at radius 2 is 1.70 bits per heavy atom. The first-order chi connectivity index (χ1) is 13.1. The molecule has 0 atom stereocenters. The van der Waals surface area contributed by atoms with Crippen LogP contribution in [-0.2, 0) is 11.3 Å². The molecule has 3 rings (SSSR count). The first-order valence-electron chi connectivity index (χ1n) is 9.65. The Hall–Kier alpha value is -2.44. The van der Waals surface area contributed by atoms with Crippen molar-refractivity contribution in [2.24, 2.45) is 5.92 Å². The highest BCUT2D eigenvalue weighted by Gasteiger charge is 2.30. The standard InChI is InChI=1S/C20H29N3O4/c1-26-17-7-5-6-16(18(17)27-2)14-21-19(24)15-8-12-23(13-9-15)20(25)22-10-3-4-11-22/h5-7,15H,3-4,8-14H2,1-2H3,(H,21,24). The molecule has 2 fully saturated rings. The molecule has 2 aliphatic rings. The van der Waals surface area contributed by atoms with Gasteiger partial charge in [-0.2, -0.15) is 0 Å². The summed E-state index contributed by atoms with van der Waals surface area (Å²) in [7, 11) is 3.19. The third kappa shape index (κ3) is 4.46. The summed E-state index contributed by atoms with van der Waals surface area (Å²) >= 11 is 0. The summed E-state index contributed by atoms with van der Waals surface area (Å²) in [5, 5.41) is 3.01. The average molecular weight is 375 g/mol. The molecular formula is C20H29N3O4. The van der Waals surface area contributed by atoms with Crippen LogP contribution in [0.4, 0.5) is 4.79 Å². The van der Waals surface area contributed by atoms with Gasteiger partial charge in [0.15, 0.2) is 11.5 Å². The van der Waals surface area contributed by atoms with Crippen LogP contribution in [0.1, 0.15) is 31.2 Å². The first kappa shape index (κ1) is 19.3. The van der Waals surface area contributed by atoms with Crippen molar-refractivity contribution in [1.82, 2.24) is 15.1 Å². The van der Waals surface area contributed by atoms with Gasteiger partial charge in [-0.25, -0.2) is 4.79 Å². The quantitative estimate of drug-likeness (QED) is 0.857. The SMILES string of the molecule is COc1cccc(CNC(=O)C2CCN(C(=O)N3CCCC3)CC2)c1OC. The maximum atomic E-state index is 12.6. The zero-order valence-electron chi connectivity index (χ0n) is 16.2. The zero-order chi connectivity index (χ0) is 19.2. The normalized spacial score (nSPS) is 17.7. The van der Waals surface area contributed by atoms with Gasteiger partial charge in [0.25, 0.3) is 0 Å². The number of piperidine rings is 1. The number of amides is 3. The lowest BCUT2D eigenvalue weighted by atomic mass is 9.96. The zero-order valence-corrected chi connectivity index (χ0v) is 16.2. The number of benzene rings is 1. The van der Waals surface area contributed by atoms with Crippen LogP contribution < -0.4 is 14.8 Å². The molecule has 0 unspecified atom stereocenters. The maximum Gasteiger partial charge on any atom is 0.319 e. The predicted molar refractivity (Wildman–Crippen MR) is 102 cm³/mol. The number of methoxy groups -OCH3 is 2.